The minimum atomic E-state index is 0.194. The lowest BCUT2D eigenvalue weighted by atomic mass is 10.1. The van der Waals surface area contributed by atoms with Crippen molar-refractivity contribution in [1.29, 1.82) is 0 Å². The smallest absolute Gasteiger partial charge is 0.129 e. The third kappa shape index (κ3) is 3.25. The fourth-order valence-electron chi connectivity index (χ4n) is 1.97. The second-order valence-electron chi connectivity index (χ2n) is 4.53. The first-order chi connectivity index (χ1) is 9.11. The van der Waals surface area contributed by atoms with Crippen LogP contribution in [0.2, 0.25) is 5.02 Å². The van der Waals surface area contributed by atoms with E-state index in [-0.39, 0.29) is 6.04 Å². The SMILES string of the molecule is CC(c1cccc(Cl)c1)N(C)c1cccc(CN)n1. The van der Waals surface area contributed by atoms with E-state index in [1.807, 2.05) is 43.4 Å². The molecule has 0 saturated heterocycles. The van der Waals surface area contributed by atoms with Gasteiger partial charge in [-0.2, -0.15) is 0 Å². The Morgan fingerprint density at radius 1 is 1.26 bits per heavy atom. The molecule has 1 aromatic heterocycles. The van der Waals surface area contributed by atoms with Crippen LogP contribution in [0.25, 0.3) is 0 Å². The molecule has 0 spiro atoms. The summed E-state index contributed by atoms with van der Waals surface area (Å²) in [4.78, 5) is 6.64. The number of benzene rings is 1. The van der Waals surface area contributed by atoms with Gasteiger partial charge in [0.05, 0.1) is 11.7 Å². The summed E-state index contributed by atoms with van der Waals surface area (Å²) in [6.45, 7) is 2.58. The van der Waals surface area contributed by atoms with Gasteiger partial charge in [0.25, 0.3) is 0 Å². The molecular formula is C15H18ClN3. The van der Waals surface area contributed by atoms with Crippen molar-refractivity contribution in [2.24, 2.45) is 5.73 Å². The van der Waals surface area contributed by atoms with Gasteiger partial charge in [-0.05, 0) is 36.8 Å². The molecule has 0 aliphatic heterocycles. The summed E-state index contributed by atoms with van der Waals surface area (Å²) in [6.07, 6.45) is 0. The Labute approximate surface area is 119 Å². The Morgan fingerprint density at radius 3 is 2.68 bits per heavy atom. The van der Waals surface area contributed by atoms with Gasteiger partial charge in [-0.1, -0.05) is 29.8 Å². The normalized spacial score (nSPS) is 12.2. The summed E-state index contributed by atoms with van der Waals surface area (Å²) in [6, 6.07) is 14.0. The highest BCUT2D eigenvalue weighted by Crippen LogP contribution is 2.25. The number of hydrogen-bond donors (Lipinski definition) is 1. The van der Waals surface area contributed by atoms with E-state index in [0.29, 0.717) is 6.54 Å². The molecule has 0 bridgehead atoms. The van der Waals surface area contributed by atoms with Gasteiger partial charge in [0.15, 0.2) is 0 Å². The molecule has 0 fully saturated rings. The summed E-state index contributed by atoms with van der Waals surface area (Å²) in [5, 5.41) is 0.751. The van der Waals surface area contributed by atoms with Gasteiger partial charge < -0.3 is 10.6 Å². The zero-order valence-corrected chi connectivity index (χ0v) is 11.9. The lowest BCUT2D eigenvalue weighted by molar-refractivity contribution is 0.725. The zero-order chi connectivity index (χ0) is 13.8. The standard InChI is InChI=1S/C15H18ClN3/c1-11(12-5-3-6-13(16)9-12)19(2)15-8-4-7-14(10-17)18-15/h3-9,11H,10,17H2,1-2H3. The first kappa shape index (κ1) is 13.8. The molecule has 2 N–H and O–H groups in total. The van der Waals surface area contributed by atoms with E-state index in [2.05, 4.69) is 22.9 Å². The minimum Gasteiger partial charge on any atom is -0.353 e. The first-order valence-corrected chi connectivity index (χ1v) is 6.64. The van der Waals surface area contributed by atoms with Gasteiger partial charge in [0.2, 0.25) is 0 Å². The highest BCUT2D eigenvalue weighted by Gasteiger charge is 2.13. The van der Waals surface area contributed by atoms with E-state index in [1.54, 1.807) is 0 Å². The molecule has 1 atom stereocenters. The van der Waals surface area contributed by atoms with Gasteiger partial charge >= 0.3 is 0 Å². The molecule has 2 aromatic rings. The van der Waals surface area contributed by atoms with Gasteiger partial charge in [-0.25, -0.2) is 4.98 Å². The summed E-state index contributed by atoms with van der Waals surface area (Å²) >= 11 is 6.04. The van der Waals surface area contributed by atoms with E-state index in [0.717, 1.165) is 22.1 Å². The second kappa shape index (κ2) is 6.04. The van der Waals surface area contributed by atoms with E-state index in [4.69, 9.17) is 17.3 Å². The van der Waals surface area contributed by atoms with Gasteiger partial charge in [0.1, 0.15) is 5.82 Å². The summed E-state index contributed by atoms with van der Waals surface area (Å²) in [7, 11) is 2.02. The van der Waals surface area contributed by atoms with Gasteiger partial charge in [0, 0.05) is 18.6 Å². The maximum absolute atomic E-state index is 6.04. The average Bonchev–Trinajstić information content (AvgIpc) is 2.45. The molecule has 3 nitrogen and oxygen atoms in total. The molecule has 4 heteroatoms. The van der Waals surface area contributed by atoms with Crippen molar-refractivity contribution in [3.8, 4) is 0 Å². The third-order valence-corrected chi connectivity index (χ3v) is 3.51. The lowest BCUT2D eigenvalue weighted by Crippen LogP contribution is -2.23. The van der Waals surface area contributed by atoms with Crippen LogP contribution >= 0.6 is 11.6 Å². The van der Waals surface area contributed by atoms with Crippen molar-refractivity contribution in [1.82, 2.24) is 4.98 Å². The highest BCUT2D eigenvalue weighted by molar-refractivity contribution is 6.30. The fraction of sp³-hybridized carbons (Fsp3) is 0.267. The van der Waals surface area contributed by atoms with E-state index < -0.39 is 0 Å². The highest BCUT2D eigenvalue weighted by atomic mass is 35.5. The molecule has 19 heavy (non-hydrogen) atoms. The van der Waals surface area contributed by atoms with Crippen LogP contribution in [0.3, 0.4) is 0 Å². The largest absolute Gasteiger partial charge is 0.353 e. The molecule has 0 saturated carbocycles. The monoisotopic (exact) mass is 275 g/mol. The Morgan fingerprint density at radius 2 is 2.00 bits per heavy atom. The quantitative estimate of drug-likeness (QED) is 0.930. The number of nitrogens with two attached hydrogens (primary N) is 1. The number of anilines is 1. The van der Waals surface area contributed by atoms with Crippen LogP contribution in [0.1, 0.15) is 24.2 Å². The van der Waals surface area contributed by atoms with Crippen LogP contribution in [0.5, 0.6) is 0 Å². The second-order valence-corrected chi connectivity index (χ2v) is 4.97. The maximum Gasteiger partial charge on any atom is 0.129 e. The van der Waals surface area contributed by atoms with Crippen LogP contribution in [0, 0.1) is 0 Å². The topological polar surface area (TPSA) is 42.1 Å². The Kier molecular flexibility index (Phi) is 4.40. The summed E-state index contributed by atoms with van der Waals surface area (Å²) in [5.74, 6) is 0.912. The number of hydrogen-bond acceptors (Lipinski definition) is 3. The van der Waals surface area contributed by atoms with Crippen molar-refractivity contribution in [2.45, 2.75) is 19.5 Å². The van der Waals surface area contributed by atoms with Crippen molar-refractivity contribution in [2.75, 3.05) is 11.9 Å². The maximum atomic E-state index is 6.04. The molecule has 0 aliphatic carbocycles. The van der Waals surface area contributed by atoms with E-state index in [9.17, 15) is 0 Å². The molecule has 100 valence electrons. The molecule has 0 amide bonds. The molecule has 2 rings (SSSR count). The third-order valence-electron chi connectivity index (χ3n) is 3.27. The van der Waals surface area contributed by atoms with Crippen molar-refractivity contribution in [3.05, 3.63) is 58.7 Å². The average molecular weight is 276 g/mol. The van der Waals surface area contributed by atoms with Crippen LogP contribution in [-0.4, -0.2) is 12.0 Å². The van der Waals surface area contributed by atoms with Crippen LogP contribution < -0.4 is 10.6 Å². The first-order valence-electron chi connectivity index (χ1n) is 6.26. The molecular weight excluding hydrogens is 258 g/mol. The summed E-state index contributed by atoms with van der Waals surface area (Å²) < 4.78 is 0. The predicted molar refractivity (Wildman–Crippen MR) is 80.4 cm³/mol. The number of rotatable bonds is 4. The number of nitrogens with zero attached hydrogens (tertiary/aromatic N) is 2. The lowest BCUT2D eigenvalue weighted by Gasteiger charge is -2.26. The van der Waals surface area contributed by atoms with Crippen LogP contribution in [-0.2, 0) is 6.54 Å². The van der Waals surface area contributed by atoms with E-state index in [1.165, 1.54) is 0 Å². The van der Waals surface area contributed by atoms with Crippen molar-refractivity contribution >= 4 is 17.4 Å². The predicted octanol–water partition coefficient (Wildman–Crippen LogP) is 3.39. The van der Waals surface area contributed by atoms with Crippen molar-refractivity contribution < 1.29 is 0 Å². The van der Waals surface area contributed by atoms with Gasteiger partial charge in [-0.15, -0.1) is 0 Å². The molecule has 1 aromatic carbocycles. The number of pyridine rings is 1. The Balaban J connectivity index is 2.25. The molecule has 1 unspecified atom stereocenters. The number of aromatic nitrogens is 1. The fourth-order valence-corrected chi connectivity index (χ4v) is 2.16. The molecule has 1 heterocycles. The zero-order valence-electron chi connectivity index (χ0n) is 11.2. The Hall–Kier alpha value is -1.58. The van der Waals surface area contributed by atoms with Crippen LogP contribution in [0.4, 0.5) is 5.82 Å². The summed E-state index contributed by atoms with van der Waals surface area (Å²) in [5.41, 5.74) is 7.68. The number of halogens is 1. The molecule has 0 aliphatic rings. The van der Waals surface area contributed by atoms with E-state index >= 15 is 0 Å². The van der Waals surface area contributed by atoms with Crippen molar-refractivity contribution in [3.63, 3.8) is 0 Å². The molecule has 0 radical (unpaired) electrons. The van der Waals surface area contributed by atoms with Gasteiger partial charge in [-0.3, -0.25) is 0 Å². The minimum absolute atomic E-state index is 0.194. The Bertz CT molecular complexity index is 557. The van der Waals surface area contributed by atoms with Crippen LogP contribution in [0.15, 0.2) is 42.5 Å².